The van der Waals surface area contributed by atoms with E-state index in [-0.39, 0.29) is 0 Å². The van der Waals surface area contributed by atoms with Gasteiger partial charge in [0.25, 0.3) is 0 Å². The number of hydrogen-bond acceptors (Lipinski definition) is 0. The Bertz CT molecular complexity index is 178. The molecule has 1 saturated carbocycles. The molecule has 0 aromatic carbocycles. The Morgan fingerprint density at radius 3 is 2.00 bits per heavy atom. The summed E-state index contributed by atoms with van der Waals surface area (Å²) in [5.41, 5.74) is 0. The van der Waals surface area contributed by atoms with Crippen LogP contribution in [0.15, 0.2) is 38.0 Å². The van der Waals surface area contributed by atoms with Gasteiger partial charge in [0, 0.05) is 0 Å². The maximum atomic E-state index is 3.87. The SMILES string of the molecule is C=C[C@@H]1CC[C@@H](C=C)[C@H](C=C)C1. The molecule has 0 unspecified atom stereocenters. The van der Waals surface area contributed by atoms with Crippen molar-refractivity contribution in [3.8, 4) is 0 Å². The third kappa shape index (κ3) is 1.88. The first-order valence-electron chi connectivity index (χ1n) is 4.69. The largest absolute Gasteiger partial charge is 0.103 e. The van der Waals surface area contributed by atoms with Crippen molar-refractivity contribution in [3.05, 3.63) is 38.0 Å². The van der Waals surface area contributed by atoms with E-state index in [4.69, 9.17) is 0 Å². The van der Waals surface area contributed by atoms with Crippen molar-refractivity contribution in [2.45, 2.75) is 19.3 Å². The molecule has 12 heavy (non-hydrogen) atoms. The van der Waals surface area contributed by atoms with E-state index in [2.05, 4.69) is 38.0 Å². The highest BCUT2D eigenvalue weighted by atomic mass is 14.3. The minimum atomic E-state index is 0.624. The molecular formula is C12H18. The highest BCUT2D eigenvalue weighted by molar-refractivity contribution is 4.99. The van der Waals surface area contributed by atoms with Crippen molar-refractivity contribution in [1.29, 1.82) is 0 Å². The lowest BCUT2D eigenvalue weighted by Crippen LogP contribution is -2.20. The fourth-order valence-corrected chi connectivity index (χ4v) is 2.04. The maximum absolute atomic E-state index is 3.87. The van der Waals surface area contributed by atoms with Crippen LogP contribution in [0.4, 0.5) is 0 Å². The van der Waals surface area contributed by atoms with E-state index in [1.54, 1.807) is 0 Å². The van der Waals surface area contributed by atoms with Gasteiger partial charge in [0.1, 0.15) is 0 Å². The minimum absolute atomic E-state index is 0.624. The molecule has 0 bridgehead atoms. The second kappa shape index (κ2) is 4.30. The van der Waals surface area contributed by atoms with Crippen molar-refractivity contribution in [1.82, 2.24) is 0 Å². The minimum Gasteiger partial charge on any atom is -0.103 e. The van der Waals surface area contributed by atoms with Gasteiger partial charge in [-0.3, -0.25) is 0 Å². The van der Waals surface area contributed by atoms with E-state index in [9.17, 15) is 0 Å². The van der Waals surface area contributed by atoms with Crippen LogP contribution >= 0.6 is 0 Å². The summed E-state index contributed by atoms with van der Waals surface area (Å²) in [5.74, 6) is 1.97. The highest BCUT2D eigenvalue weighted by Crippen LogP contribution is 2.35. The summed E-state index contributed by atoms with van der Waals surface area (Å²) < 4.78 is 0. The zero-order valence-electron chi connectivity index (χ0n) is 7.71. The number of allylic oxidation sites excluding steroid dienone is 3. The monoisotopic (exact) mass is 162 g/mol. The van der Waals surface area contributed by atoms with Crippen LogP contribution in [0.3, 0.4) is 0 Å². The molecule has 0 nitrogen and oxygen atoms in total. The average molecular weight is 162 g/mol. The second-order valence-electron chi connectivity index (χ2n) is 3.61. The van der Waals surface area contributed by atoms with Crippen molar-refractivity contribution in [2.24, 2.45) is 17.8 Å². The van der Waals surface area contributed by atoms with E-state index in [1.165, 1.54) is 19.3 Å². The van der Waals surface area contributed by atoms with E-state index in [0.29, 0.717) is 17.8 Å². The quantitative estimate of drug-likeness (QED) is 0.556. The van der Waals surface area contributed by atoms with Crippen LogP contribution in [0.2, 0.25) is 0 Å². The summed E-state index contributed by atoms with van der Waals surface area (Å²) in [4.78, 5) is 0. The predicted molar refractivity (Wildman–Crippen MR) is 54.9 cm³/mol. The van der Waals surface area contributed by atoms with E-state index in [1.807, 2.05) is 0 Å². The average Bonchev–Trinajstić information content (AvgIpc) is 2.16. The Morgan fingerprint density at radius 1 is 0.833 bits per heavy atom. The van der Waals surface area contributed by atoms with Crippen LogP contribution in [0, 0.1) is 17.8 Å². The van der Waals surface area contributed by atoms with Crippen LogP contribution in [0.1, 0.15) is 19.3 Å². The molecule has 0 aliphatic heterocycles. The molecule has 0 N–H and O–H groups in total. The molecule has 0 saturated heterocycles. The molecule has 3 atom stereocenters. The lowest BCUT2D eigenvalue weighted by Gasteiger charge is -2.31. The van der Waals surface area contributed by atoms with Crippen molar-refractivity contribution < 1.29 is 0 Å². The van der Waals surface area contributed by atoms with Crippen molar-refractivity contribution in [3.63, 3.8) is 0 Å². The van der Waals surface area contributed by atoms with E-state index < -0.39 is 0 Å². The Balaban J connectivity index is 2.58. The van der Waals surface area contributed by atoms with Crippen molar-refractivity contribution in [2.75, 3.05) is 0 Å². The molecule has 66 valence electrons. The zero-order valence-corrected chi connectivity index (χ0v) is 7.71. The van der Waals surface area contributed by atoms with Crippen LogP contribution in [0.25, 0.3) is 0 Å². The highest BCUT2D eigenvalue weighted by Gasteiger charge is 2.24. The van der Waals surface area contributed by atoms with E-state index >= 15 is 0 Å². The Labute approximate surface area is 75.7 Å². The third-order valence-electron chi connectivity index (χ3n) is 2.93. The molecule has 0 spiro atoms. The van der Waals surface area contributed by atoms with Gasteiger partial charge in [-0.25, -0.2) is 0 Å². The first kappa shape index (κ1) is 9.31. The topological polar surface area (TPSA) is 0 Å². The van der Waals surface area contributed by atoms with Gasteiger partial charge in [0.05, 0.1) is 0 Å². The lowest BCUT2D eigenvalue weighted by molar-refractivity contribution is 0.288. The molecular weight excluding hydrogens is 144 g/mol. The summed E-state index contributed by atoms with van der Waals surface area (Å²) in [6.07, 6.45) is 9.95. The lowest BCUT2D eigenvalue weighted by atomic mass is 9.74. The summed E-state index contributed by atoms with van der Waals surface area (Å²) in [5, 5.41) is 0. The fraction of sp³-hybridized carbons (Fsp3) is 0.500. The Hall–Kier alpha value is -0.780. The van der Waals surface area contributed by atoms with Crippen LogP contribution in [-0.4, -0.2) is 0 Å². The van der Waals surface area contributed by atoms with Crippen LogP contribution in [0.5, 0.6) is 0 Å². The first-order valence-corrected chi connectivity index (χ1v) is 4.69. The van der Waals surface area contributed by atoms with Crippen LogP contribution < -0.4 is 0 Å². The molecule has 1 rings (SSSR count). The first-order chi connectivity index (χ1) is 5.81. The van der Waals surface area contributed by atoms with Gasteiger partial charge in [0.15, 0.2) is 0 Å². The Morgan fingerprint density at radius 2 is 1.50 bits per heavy atom. The normalized spacial score (nSPS) is 35.5. The standard InChI is InChI=1S/C12H18/c1-4-10-7-8-11(5-2)12(6-3)9-10/h4-6,10-12H,1-3,7-9H2/t10-,11-,12-/m1/s1. The molecule has 0 aromatic heterocycles. The molecule has 0 radical (unpaired) electrons. The van der Waals surface area contributed by atoms with Gasteiger partial charge in [-0.2, -0.15) is 0 Å². The molecule has 0 heteroatoms. The van der Waals surface area contributed by atoms with Gasteiger partial charge < -0.3 is 0 Å². The number of rotatable bonds is 3. The summed E-state index contributed by atoms with van der Waals surface area (Å²) >= 11 is 0. The molecule has 1 aliphatic carbocycles. The van der Waals surface area contributed by atoms with Gasteiger partial charge in [-0.15, -0.1) is 19.7 Å². The van der Waals surface area contributed by atoms with Gasteiger partial charge in [-0.05, 0) is 37.0 Å². The summed E-state index contributed by atoms with van der Waals surface area (Å²) in [6.45, 7) is 11.6. The smallest absolute Gasteiger partial charge is 0.0168 e. The van der Waals surface area contributed by atoms with Gasteiger partial charge >= 0.3 is 0 Å². The molecule has 0 aromatic rings. The van der Waals surface area contributed by atoms with Gasteiger partial charge in [0.2, 0.25) is 0 Å². The predicted octanol–water partition coefficient (Wildman–Crippen LogP) is 3.58. The summed E-state index contributed by atoms with van der Waals surface area (Å²) in [7, 11) is 0. The fourth-order valence-electron chi connectivity index (χ4n) is 2.04. The molecule has 1 fully saturated rings. The van der Waals surface area contributed by atoms with Crippen molar-refractivity contribution >= 4 is 0 Å². The van der Waals surface area contributed by atoms with E-state index in [0.717, 1.165) is 0 Å². The molecule has 0 heterocycles. The maximum Gasteiger partial charge on any atom is -0.0168 e. The van der Waals surface area contributed by atoms with Crippen LogP contribution in [-0.2, 0) is 0 Å². The molecule has 0 amide bonds. The second-order valence-corrected chi connectivity index (χ2v) is 3.61. The third-order valence-corrected chi connectivity index (χ3v) is 2.93. The molecule has 1 aliphatic rings. The van der Waals surface area contributed by atoms with Gasteiger partial charge in [-0.1, -0.05) is 18.2 Å². The zero-order chi connectivity index (χ0) is 8.97. The summed E-state index contributed by atoms with van der Waals surface area (Å²) in [6, 6.07) is 0. The Kier molecular flexibility index (Phi) is 3.33. The number of hydrogen-bond donors (Lipinski definition) is 0.